The molecule has 0 bridgehead atoms. The highest BCUT2D eigenvalue weighted by molar-refractivity contribution is 5.62. The van der Waals surface area contributed by atoms with E-state index in [0.29, 0.717) is 6.04 Å². The predicted molar refractivity (Wildman–Crippen MR) is 75.4 cm³/mol. The Morgan fingerprint density at radius 1 is 1.37 bits per heavy atom. The van der Waals surface area contributed by atoms with E-state index in [-0.39, 0.29) is 0 Å². The van der Waals surface area contributed by atoms with Crippen molar-refractivity contribution < 1.29 is 14.2 Å². The molecule has 1 aliphatic rings. The average molecular weight is 266 g/mol. The molecule has 0 amide bonds. The summed E-state index contributed by atoms with van der Waals surface area (Å²) in [7, 11) is 5.32. The zero-order chi connectivity index (χ0) is 13.7. The van der Waals surface area contributed by atoms with Gasteiger partial charge in [0.1, 0.15) is 11.5 Å². The zero-order valence-electron chi connectivity index (χ0n) is 11.8. The van der Waals surface area contributed by atoms with E-state index in [2.05, 4.69) is 10.2 Å². The maximum absolute atomic E-state index is 5.56. The number of likely N-dealkylation sites (N-methyl/N-ethyl adjacent to an activating group) is 1. The lowest BCUT2D eigenvalue weighted by Gasteiger charge is -2.38. The monoisotopic (exact) mass is 266 g/mol. The molecule has 1 aliphatic heterocycles. The number of hydrogen-bond donors (Lipinski definition) is 1. The summed E-state index contributed by atoms with van der Waals surface area (Å²) < 4.78 is 16.3. The highest BCUT2D eigenvalue weighted by atomic mass is 16.5. The largest absolute Gasteiger partial charge is 0.497 e. The zero-order valence-corrected chi connectivity index (χ0v) is 11.8. The van der Waals surface area contributed by atoms with Crippen molar-refractivity contribution in [2.24, 2.45) is 0 Å². The Morgan fingerprint density at radius 2 is 2.21 bits per heavy atom. The number of anilines is 1. The van der Waals surface area contributed by atoms with Crippen LogP contribution >= 0.6 is 0 Å². The average Bonchev–Trinajstić information content (AvgIpc) is 2.47. The van der Waals surface area contributed by atoms with Gasteiger partial charge in [-0.2, -0.15) is 0 Å². The van der Waals surface area contributed by atoms with Crippen LogP contribution in [0.25, 0.3) is 0 Å². The van der Waals surface area contributed by atoms with Gasteiger partial charge in [-0.3, -0.25) is 0 Å². The summed E-state index contributed by atoms with van der Waals surface area (Å²) in [5.74, 6) is 1.70. The third-order valence-corrected chi connectivity index (χ3v) is 3.36. The molecule has 2 rings (SSSR count). The lowest BCUT2D eigenvalue weighted by Crippen LogP contribution is -2.50. The maximum atomic E-state index is 5.56. The van der Waals surface area contributed by atoms with Crippen LogP contribution in [0.15, 0.2) is 18.2 Å². The first-order valence-electron chi connectivity index (χ1n) is 6.51. The topological polar surface area (TPSA) is 43.0 Å². The Labute approximate surface area is 114 Å². The van der Waals surface area contributed by atoms with Crippen molar-refractivity contribution in [2.45, 2.75) is 6.04 Å². The summed E-state index contributed by atoms with van der Waals surface area (Å²) >= 11 is 0. The summed E-state index contributed by atoms with van der Waals surface area (Å²) in [4.78, 5) is 2.32. The van der Waals surface area contributed by atoms with E-state index in [1.54, 1.807) is 14.2 Å². The normalized spacial score (nSPS) is 19.3. The molecular formula is C14H22N2O3. The summed E-state index contributed by atoms with van der Waals surface area (Å²) in [5.41, 5.74) is 1.06. The Hall–Kier alpha value is -1.46. The van der Waals surface area contributed by atoms with Gasteiger partial charge in [0.25, 0.3) is 0 Å². The van der Waals surface area contributed by atoms with Crippen molar-refractivity contribution >= 4 is 5.69 Å². The molecule has 5 heteroatoms. The van der Waals surface area contributed by atoms with Crippen molar-refractivity contribution in [3.8, 4) is 11.5 Å². The van der Waals surface area contributed by atoms with Crippen LogP contribution in [0, 0.1) is 0 Å². The van der Waals surface area contributed by atoms with Gasteiger partial charge in [0, 0.05) is 19.2 Å². The molecule has 1 fully saturated rings. The van der Waals surface area contributed by atoms with Crippen molar-refractivity contribution in [2.75, 3.05) is 52.5 Å². The second kappa shape index (κ2) is 6.63. The Morgan fingerprint density at radius 3 is 2.89 bits per heavy atom. The molecule has 0 radical (unpaired) electrons. The van der Waals surface area contributed by atoms with Crippen LogP contribution in [-0.2, 0) is 4.74 Å². The number of nitrogens with zero attached hydrogens (tertiary/aromatic N) is 1. The van der Waals surface area contributed by atoms with Crippen LogP contribution in [0.1, 0.15) is 0 Å². The summed E-state index contributed by atoms with van der Waals surface area (Å²) in [6.07, 6.45) is 0. The number of ether oxygens (including phenoxy) is 3. The van der Waals surface area contributed by atoms with Gasteiger partial charge in [-0.15, -0.1) is 0 Å². The third kappa shape index (κ3) is 3.11. The maximum Gasteiger partial charge on any atom is 0.142 e. The van der Waals surface area contributed by atoms with Crippen molar-refractivity contribution in [3.63, 3.8) is 0 Å². The summed E-state index contributed by atoms with van der Waals surface area (Å²) in [6, 6.07) is 6.18. The van der Waals surface area contributed by atoms with Gasteiger partial charge in [0.05, 0.1) is 39.2 Å². The van der Waals surface area contributed by atoms with Gasteiger partial charge < -0.3 is 24.4 Å². The van der Waals surface area contributed by atoms with Gasteiger partial charge in [-0.1, -0.05) is 0 Å². The second-order valence-corrected chi connectivity index (χ2v) is 4.52. The standard InChI is InChI=1S/C14H22N2O3/c1-15-9-11-10-19-7-6-16(11)13-8-12(17-2)4-5-14(13)18-3/h4-5,8,11,15H,6-7,9-10H2,1-3H3. The Bertz CT molecular complexity index is 410. The van der Waals surface area contributed by atoms with Crippen LogP contribution in [0.4, 0.5) is 5.69 Å². The fourth-order valence-electron chi connectivity index (χ4n) is 2.40. The minimum atomic E-state index is 0.305. The van der Waals surface area contributed by atoms with Gasteiger partial charge in [-0.25, -0.2) is 0 Å². The molecule has 0 aromatic heterocycles. The number of hydrogen-bond acceptors (Lipinski definition) is 5. The molecule has 0 saturated carbocycles. The summed E-state index contributed by atoms with van der Waals surface area (Å²) in [5, 5.41) is 3.21. The summed E-state index contributed by atoms with van der Waals surface area (Å²) in [6.45, 7) is 3.19. The van der Waals surface area contributed by atoms with Crippen molar-refractivity contribution in [1.82, 2.24) is 5.32 Å². The molecule has 19 heavy (non-hydrogen) atoms. The first-order valence-corrected chi connectivity index (χ1v) is 6.51. The highest BCUT2D eigenvalue weighted by Crippen LogP contribution is 2.34. The van der Waals surface area contributed by atoms with Crippen molar-refractivity contribution in [1.29, 1.82) is 0 Å². The molecule has 5 nitrogen and oxygen atoms in total. The van der Waals surface area contributed by atoms with Crippen LogP contribution in [0.2, 0.25) is 0 Å². The van der Waals surface area contributed by atoms with Gasteiger partial charge in [0.2, 0.25) is 0 Å². The van der Waals surface area contributed by atoms with Crippen LogP contribution in [0.3, 0.4) is 0 Å². The number of methoxy groups -OCH3 is 2. The third-order valence-electron chi connectivity index (χ3n) is 3.36. The van der Waals surface area contributed by atoms with Gasteiger partial charge in [0.15, 0.2) is 0 Å². The van der Waals surface area contributed by atoms with E-state index >= 15 is 0 Å². The van der Waals surface area contributed by atoms with Crippen molar-refractivity contribution in [3.05, 3.63) is 18.2 Å². The lowest BCUT2D eigenvalue weighted by molar-refractivity contribution is 0.0940. The van der Waals surface area contributed by atoms with Crippen LogP contribution in [-0.4, -0.2) is 53.6 Å². The molecule has 1 saturated heterocycles. The van der Waals surface area contributed by atoms with E-state index in [9.17, 15) is 0 Å². The molecule has 1 heterocycles. The fraction of sp³-hybridized carbons (Fsp3) is 0.571. The highest BCUT2D eigenvalue weighted by Gasteiger charge is 2.25. The van der Waals surface area contributed by atoms with E-state index in [4.69, 9.17) is 14.2 Å². The fourth-order valence-corrected chi connectivity index (χ4v) is 2.40. The quantitative estimate of drug-likeness (QED) is 0.865. The molecule has 106 valence electrons. The van der Waals surface area contributed by atoms with E-state index in [1.807, 2.05) is 25.2 Å². The second-order valence-electron chi connectivity index (χ2n) is 4.52. The molecule has 0 aliphatic carbocycles. The SMILES string of the molecule is CNCC1COCCN1c1cc(OC)ccc1OC. The first kappa shape index (κ1) is 14.0. The number of rotatable bonds is 5. The van der Waals surface area contributed by atoms with Gasteiger partial charge in [-0.05, 0) is 19.2 Å². The van der Waals surface area contributed by atoms with Crippen LogP contribution in [0.5, 0.6) is 11.5 Å². The Balaban J connectivity index is 2.30. The number of morpholine rings is 1. The minimum absolute atomic E-state index is 0.305. The number of nitrogens with one attached hydrogen (secondary N) is 1. The Kier molecular flexibility index (Phi) is 4.87. The minimum Gasteiger partial charge on any atom is -0.497 e. The molecule has 0 spiro atoms. The molecular weight excluding hydrogens is 244 g/mol. The van der Waals surface area contributed by atoms with E-state index in [1.165, 1.54) is 0 Å². The number of benzene rings is 1. The molecule has 1 N–H and O–H groups in total. The van der Waals surface area contributed by atoms with E-state index < -0.39 is 0 Å². The smallest absolute Gasteiger partial charge is 0.142 e. The van der Waals surface area contributed by atoms with Crippen LogP contribution < -0.4 is 19.7 Å². The molecule has 1 aromatic carbocycles. The molecule has 1 atom stereocenters. The first-order chi connectivity index (χ1) is 9.30. The van der Waals surface area contributed by atoms with E-state index in [0.717, 1.165) is 43.5 Å². The molecule has 1 aromatic rings. The van der Waals surface area contributed by atoms with Gasteiger partial charge >= 0.3 is 0 Å². The lowest BCUT2D eigenvalue weighted by atomic mass is 10.1. The predicted octanol–water partition coefficient (Wildman–Crippen LogP) is 1.13. The molecule has 1 unspecified atom stereocenters.